The van der Waals surface area contributed by atoms with Gasteiger partial charge in [0.25, 0.3) is 0 Å². The van der Waals surface area contributed by atoms with Crippen molar-refractivity contribution in [3.63, 3.8) is 0 Å². The lowest BCUT2D eigenvalue weighted by atomic mass is 10.0. The highest BCUT2D eigenvalue weighted by atomic mass is 15.2. The summed E-state index contributed by atoms with van der Waals surface area (Å²) in [6.07, 6.45) is 6.90. The molecule has 4 nitrogen and oxygen atoms in total. The van der Waals surface area contributed by atoms with Crippen LogP contribution in [0.15, 0.2) is 36.5 Å². The number of aryl methyl sites for hydroxylation is 1. The van der Waals surface area contributed by atoms with Crippen molar-refractivity contribution in [2.45, 2.75) is 52.1 Å². The van der Waals surface area contributed by atoms with E-state index in [1.165, 1.54) is 36.8 Å². The van der Waals surface area contributed by atoms with Crippen molar-refractivity contribution in [3.05, 3.63) is 47.7 Å². The molecule has 1 unspecified atom stereocenters. The minimum atomic E-state index is 0.614. The van der Waals surface area contributed by atoms with E-state index in [2.05, 4.69) is 53.3 Å². The molecular weight excluding hydrogens is 284 g/mol. The van der Waals surface area contributed by atoms with E-state index in [0.717, 1.165) is 18.9 Å². The summed E-state index contributed by atoms with van der Waals surface area (Å²) in [5.41, 5.74) is 2.53. The van der Waals surface area contributed by atoms with Gasteiger partial charge in [-0.15, -0.1) is 0 Å². The number of nitrogens with zero attached hydrogens (tertiary/aromatic N) is 3. The maximum Gasteiger partial charge on any atom is 0.224 e. The molecule has 1 aromatic carbocycles. The first-order valence-electron chi connectivity index (χ1n) is 8.65. The predicted molar refractivity (Wildman–Crippen MR) is 95.8 cm³/mol. The summed E-state index contributed by atoms with van der Waals surface area (Å²) >= 11 is 0. The van der Waals surface area contributed by atoms with Crippen LogP contribution in [0.1, 0.15) is 43.7 Å². The van der Waals surface area contributed by atoms with E-state index in [9.17, 15) is 0 Å². The first-order chi connectivity index (χ1) is 11.3. The van der Waals surface area contributed by atoms with E-state index in [1.54, 1.807) is 0 Å². The lowest BCUT2D eigenvalue weighted by Crippen LogP contribution is -2.39. The zero-order valence-corrected chi connectivity index (χ0v) is 14.1. The molecule has 0 spiro atoms. The Bertz CT molecular complexity index is 641. The average Bonchev–Trinajstić information content (AvgIpc) is 2.60. The molecule has 1 saturated heterocycles. The molecule has 23 heavy (non-hydrogen) atoms. The van der Waals surface area contributed by atoms with Crippen LogP contribution in [-0.4, -0.2) is 22.6 Å². The molecule has 1 fully saturated rings. The molecule has 4 heteroatoms. The third-order valence-electron chi connectivity index (χ3n) is 4.57. The summed E-state index contributed by atoms with van der Waals surface area (Å²) < 4.78 is 0. The Balaban J connectivity index is 1.69. The van der Waals surface area contributed by atoms with Crippen LogP contribution in [0.4, 0.5) is 11.8 Å². The third-order valence-corrected chi connectivity index (χ3v) is 4.57. The molecule has 1 atom stereocenters. The van der Waals surface area contributed by atoms with Gasteiger partial charge in [-0.25, -0.2) is 4.98 Å². The molecule has 1 N–H and O–H groups in total. The van der Waals surface area contributed by atoms with Crippen LogP contribution in [0.3, 0.4) is 0 Å². The fourth-order valence-electron chi connectivity index (χ4n) is 3.32. The summed E-state index contributed by atoms with van der Waals surface area (Å²) in [6.45, 7) is 6.23. The number of aromatic nitrogens is 2. The van der Waals surface area contributed by atoms with E-state index in [-0.39, 0.29) is 0 Å². The molecule has 3 rings (SSSR count). The second kappa shape index (κ2) is 7.44. The molecule has 1 aliphatic rings. The van der Waals surface area contributed by atoms with Crippen molar-refractivity contribution in [2.75, 3.05) is 16.8 Å². The quantitative estimate of drug-likeness (QED) is 0.900. The first-order valence-corrected chi connectivity index (χ1v) is 8.65. The van der Waals surface area contributed by atoms with Crippen LogP contribution in [-0.2, 0) is 6.54 Å². The summed E-state index contributed by atoms with van der Waals surface area (Å²) in [7, 11) is 0. The summed E-state index contributed by atoms with van der Waals surface area (Å²) in [5.74, 6) is 1.77. The van der Waals surface area contributed by atoms with Crippen LogP contribution in [0.5, 0.6) is 0 Å². The predicted octanol–water partition coefficient (Wildman–Crippen LogP) is 4.17. The highest BCUT2D eigenvalue weighted by Crippen LogP contribution is 2.25. The van der Waals surface area contributed by atoms with E-state index >= 15 is 0 Å². The molecule has 1 aliphatic heterocycles. The smallest absolute Gasteiger partial charge is 0.224 e. The van der Waals surface area contributed by atoms with Crippen LogP contribution in [0.25, 0.3) is 0 Å². The van der Waals surface area contributed by atoms with Crippen molar-refractivity contribution >= 4 is 11.8 Å². The Hall–Kier alpha value is -2.10. The van der Waals surface area contributed by atoms with Crippen LogP contribution >= 0.6 is 0 Å². The minimum absolute atomic E-state index is 0.614. The largest absolute Gasteiger partial charge is 0.353 e. The lowest BCUT2D eigenvalue weighted by Gasteiger charge is -2.36. The summed E-state index contributed by atoms with van der Waals surface area (Å²) in [5, 5.41) is 3.35. The normalized spacial score (nSPS) is 18.0. The first kappa shape index (κ1) is 15.8. The highest BCUT2D eigenvalue weighted by molar-refractivity contribution is 5.44. The molecular formula is C19H26N4. The second-order valence-corrected chi connectivity index (χ2v) is 6.33. The standard InChI is InChI=1S/C19H26N4/c1-3-17-9-4-5-12-23(17)18-10-11-20-19(22-18)21-14-16-8-6-7-15(2)13-16/h6-8,10-11,13,17H,3-5,9,12,14H2,1-2H3,(H,20,21,22). The van der Waals surface area contributed by atoms with E-state index in [4.69, 9.17) is 4.98 Å². The Kier molecular flexibility index (Phi) is 5.11. The number of anilines is 2. The van der Waals surface area contributed by atoms with Gasteiger partial charge in [0.1, 0.15) is 5.82 Å². The third kappa shape index (κ3) is 4.01. The summed E-state index contributed by atoms with van der Waals surface area (Å²) in [4.78, 5) is 11.6. The number of rotatable bonds is 5. The Morgan fingerprint density at radius 2 is 2.17 bits per heavy atom. The van der Waals surface area contributed by atoms with Gasteiger partial charge in [-0.05, 0) is 44.2 Å². The molecule has 0 saturated carbocycles. The zero-order valence-electron chi connectivity index (χ0n) is 14.1. The van der Waals surface area contributed by atoms with Gasteiger partial charge in [-0.2, -0.15) is 4.98 Å². The van der Waals surface area contributed by atoms with Gasteiger partial charge in [0.15, 0.2) is 0 Å². The maximum absolute atomic E-state index is 4.74. The van der Waals surface area contributed by atoms with Gasteiger partial charge in [0.2, 0.25) is 5.95 Å². The number of hydrogen-bond donors (Lipinski definition) is 1. The number of piperidine rings is 1. The lowest BCUT2D eigenvalue weighted by molar-refractivity contribution is 0.447. The Morgan fingerprint density at radius 3 is 3.00 bits per heavy atom. The van der Waals surface area contributed by atoms with Crippen molar-refractivity contribution < 1.29 is 0 Å². The van der Waals surface area contributed by atoms with Crippen molar-refractivity contribution in [1.29, 1.82) is 0 Å². The van der Waals surface area contributed by atoms with E-state index in [0.29, 0.717) is 12.0 Å². The Labute approximate surface area is 139 Å². The number of hydrogen-bond acceptors (Lipinski definition) is 4. The molecule has 2 aromatic rings. The Morgan fingerprint density at radius 1 is 1.26 bits per heavy atom. The van der Waals surface area contributed by atoms with Gasteiger partial charge in [-0.1, -0.05) is 36.8 Å². The van der Waals surface area contributed by atoms with Gasteiger partial charge in [0, 0.05) is 25.3 Å². The molecule has 0 amide bonds. The maximum atomic E-state index is 4.74. The van der Waals surface area contributed by atoms with Gasteiger partial charge >= 0.3 is 0 Å². The van der Waals surface area contributed by atoms with Crippen LogP contribution in [0.2, 0.25) is 0 Å². The van der Waals surface area contributed by atoms with Gasteiger partial charge in [0.05, 0.1) is 0 Å². The van der Waals surface area contributed by atoms with Gasteiger partial charge in [-0.3, -0.25) is 0 Å². The monoisotopic (exact) mass is 310 g/mol. The van der Waals surface area contributed by atoms with E-state index in [1.807, 2.05) is 12.3 Å². The second-order valence-electron chi connectivity index (χ2n) is 6.33. The highest BCUT2D eigenvalue weighted by Gasteiger charge is 2.22. The molecule has 2 heterocycles. The fraction of sp³-hybridized carbons (Fsp3) is 0.474. The topological polar surface area (TPSA) is 41.1 Å². The molecule has 1 aromatic heterocycles. The summed E-state index contributed by atoms with van der Waals surface area (Å²) in [6, 6.07) is 11.2. The fourth-order valence-corrected chi connectivity index (χ4v) is 3.32. The van der Waals surface area contributed by atoms with Crippen molar-refractivity contribution in [3.8, 4) is 0 Å². The minimum Gasteiger partial charge on any atom is -0.353 e. The van der Waals surface area contributed by atoms with Crippen LogP contribution in [0, 0.1) is 6.92 Å². The van der Waals surface area contributed by atoms with Crippen LogP contribution < -0.4 is 10.2 Å². The van der Waals surface area contributed by atoms with E-state index < -0.39 is 0 Å². The molecule has 0 aliphatic carbocycles. The number of benzene rings is 1. The molecule has 0 radical (unpaired) electrons. The average molecular weight is 310 g/mol. The van der Waals surface area contributed by atoms with Gasteiger partial charge < -0.3 is 10.2 Å². The SMILES string of the molecule is CCC1CCCCN1c1ccnc(NCc2cccc(C)c2)n1. The van der Waals surface area contributed by atoms with Crippen molar-refractivity contribution in [2.24, 2.45) is 0 Å². The molecule has 122 valence electrons. The zero-order chi connectivity index (χ0) is 16.1. The number of nitrogens with one attached hydrogen (secondary N) is 1. The molecule has 0 bridgehead atoms. The van der Waals surface area contributed by atoms with Crippen molar-refractivity contribution in [1.82, 2.24) is 9.97 Å².